The molecular weight excluding hydrogens is 319 g/mol. The number of aromatic nitrogens is 3. The Balaban J connectivity index is 0.000000367. The number of hydrogen-bond acceptors (Lipinski definition) is 9. The zero-order chi connectivity index (χ0) is 15.6. The Morgan fingerprint density at radius 1 is 0.950 bits per heavy atom. The van der Waals surface area contributed by atoms with Crippen molar-refractivity contribution in [3.8, 4) is 0 Å². The van der Waals surface area contributed by atoms with Crippen molar-refractivity contribution >= 4 is 47.6 Å². The molecule has 20 heavy (non-hydrogen) atoms. The second-order valence-electron chi connectivity index (χ2n) is 3.55. The first kappa shape index (κ1) is 19.3. The van der Waals surface area contributed by atoms with E-state index in [2.05, 4.69) is 27.2 Å². The summed E-state index contributed by atoms with van der Waals surface area (Å²) in [4.78, 5) is 10.5. The fourth-order valence-corrected chi connectivity index (χ4v) is 2.72. The van der Waals surface area contributed by atoms with E-state index in [1.807, 2.05) is 13.8 Å². The van der Waals surface area contributed by atoms with E-state index in [9.17, 15) is 0 Å². The Labute approximate surface area is 129 Å². The van der Waals surface area contributed by atoms with Crippen LogP contribution in [0.15, 0.2) is 0 Å². The second-order valence-corrected chi connectivity index (χ2v) is 8.83. The fourth-order valence-electron chi connectivity index (χ4n) is 0.878. The molecule has 0 fully saturated rings. The molecule has 0 amide bonds. The van der Waals surface area contributed by atoms with Crippen LogP contribution in [0.5, 0.6) is 0 Å². The molecule has 6 N–H and O–H groups in total. The van der Waals surface area contributed by atoms with E-state index in [0.717, 1.165) is 12.8 Å². The minimum atomic E-state index is -2.20. The number of nitrogens with two attached hydrogens (primary N) is 3. The lowest BCUT2D eigenvalue weighted by atomic mass is 10.5. The van der Waals surface area contributed by atoms with Crippen molar-refractivity contribution < 1.29 is 9.05 Å². The monoisotopic (exact) mass is 340 g/mol. The molecule has 0 saturated heterocycles. The number of nitrogens with zero attached hydrogens (tertiary/aromatic N) is 3. The third kappa shape index (κ3) is 10.2. The average molecular weight is 340 g/mol. The summed E-state index contributed by atoms with van der Waals surface area (Å²) in [6.07, 6.45) is 1.91. The standard InChI is InChI=1S/C6H15O2PS2.C3H6N6/c1-3-5-7-9(10,11)8-6-4-2;4-1-7-2(5)9-3(6)8-1/h3-6H2,1-2H3,(H,10,11);(H6,4,5,6,7,8,9). The van der Waals surface area contributed by atoms with Gasteiger partial charge in [0.05, 0.1) is 13.2 Å². The topological polar surface area (TPSA) is 135 Å². The molecule has 0 radical (unpaired) electrons. The molecule has 8 nitrogen and oxygen atoms in total. The summed E-state index contributed by atoms with van der Waals surface area (Å²) in [5, 5.41) is 0. The van der Waals surface area contributed by atoms with Gasteiger partial charge in [0.15, 0.2) is 0 Å². The van der Waals surface area contributed by atoms with E-state index in [1.165, 1.54) is 0 Å². The van der Waals surface area contributed by atoms with Crippen LogP contribution in [0, 0.1) is 0 Å². The van der Waals surface area contributed by atoms with Gasteiger partial charge >= 0.3 is 0 Å². The zero-order valence-electron chi connectivity index (χ0n) is 11.5. The lowest BCUT2D eigenvalue weighted by molar-refractivity contribution is 0.260. The van der Waals surface area contributed by atoms with Crippen LogP contribution >= 0.6 is 17.9 Å². The van der Waals surface area contributed by atoms with E-state index in [-0.39, 0.29) is 17.8 Å². The summed E-state index contributed by atoms with van der Waals surface area (Å²) in [5.74, 6) is 0.125. The van der Waals surface area contributed by atoms with Gasteiger partial charge < -0.3 is 26.2 Å². The molecule has 0 spiro atoms. The van der Waals surface area contributed by atoms with Crippen LogP contribution in [0.2, 0.25) is 0 Å². The summed E-state index contributed by atoms with van der Waals surface area (Å²) in [6.45, 7) is 5.35. The number of rotatable bonds is 6. The highest BCUT2D eigenvalue weighted by Crippen LogP contribution is 2.53. The van der Waals surface area contributed by atoms with Crippen LogP contribution in [0.3, 0.4) is 0 Å². The Hall–Kier alpha value is -0.670. The highest BCUT2D eigenvalue weighted by Gasteiger charge is 2.10. The molecule has 0 aliphatic carbocycles. The minimum Gasteiger partial charge on any atom is -0.368 e. The minimum absolute atomic E-state index is 0.0417. The average Bonchev–Trinajstić information content (AvgIpc) is 2.33. The predicted molar refractivity (Wildman–Crippen MR) is 88.8 cm³/mol. The Morgan fingerprint density at radius 3 is 1.50 bits per heavy atom. The van der Waals surface area contributed by atoms with Crippen molar-refractivity contribution in [3.63, 3.8) is 0 Å². The van der Waals surface area contributed by atoms with Gasteiger partial charge in [-0.25, -0.2) is 0 Å². The Bertz CT molecular complexity index is 388. The maximum atomic E-state index is 5.25. The maximum Gasteiger partial charge on any atom is 0.244 e. The largest absolute Gasteiger partial charge is 0.368 e. The van der Waals surface area contributed by atoms with Crippen molar-refractivity contribution in [3.05, 3.63) is 0 Å². The molecule has 0 aliphatic heterocycles. The third-order valence-corrected chi connectivity index (χ3v) is 3.95. The van der Waals surface area contributed by atoms with Gasteiger partial charge in [-0.15, -0.1) is 0 Å². The molecule has 0 aliphatic rings. The molecule has 1 rings (SSSR count). The molecule has 1 heterocycles. The number of nitrogen functional groups attached to an aromatic ring is 3. The second kappa shape index (κ2) is 10.1. The third-order valence-electron chi connectivity index (χ3n) is 1.60. The summed E-state index contributed by atoms with van der Waals surface area (Å²) in [5.41, 5.74) is 13.2. The molecule has 0 atom stereocenters. The predicted octanol–water partition coefficient (Wildman–Crippen LogP) is 1.61. The highest BCUT2D eigenvalue weighted by molar-refractivity contribution is 8.60. The van der Waals surface area contributed by atoms with Gasteiger partial charge in [-0.05, 0) is 24.6 Å². The summed E-state index contributed by atoms with van der Waals surface area (Å²) in [6, 6.07) is 0. The smallest absolute Gasteiger partial charge is 0.244 e. The van der Waals surface area contributed by atoms with E-state index in [4.69, 9.17) is 38.1 Å². The fraction of sp³-hybridized carbons (Fsp3) is 0.667. The molecule has 1 aromatic heterocycles. The van der Waals surface area contributed by atoms with Crippen LogP contribution in [-0.4, -0.2) is 28.2 Å². The number of anilines is 3. The molecule has 1 aromatic rings. The SMILES string of the molecule is CCCOP(=S)(S)OCCC.Nc1nc(N)nc(N)n1. The van der Waals surface area contributed by atoms with Gasteiger partial charge in [0.25, 0.3) is 0 Å². The number of thiol groups is 1. The van der Waals surface area contributed by atoms with Crippen LogP contribution in [0.25, 0.3) is 0 Å². The summed E-state index contributed by atoms with van der Waals surface area (Å²) < 4.78 is 10.5. The first-order valence-corrected chi connectivity index (χ1v) is 9.74. The maximum absolute atomic E-state index is 5.25. The van der Waals surface area contributed by atoms with E-state index < -0.39 is 5.69 Å². The quantitative estimate of drug-likeness (QED) is 0.450. The summed E-state index contributed by atoms with van der Waals surface area (Å²) in [7, 11) is 0. The van der Waals surface area contributed by atoms with Crippen molar-refractivity contribution in [1.82, 2.24) is 15.0 Å². The molecular formula is C9H21N6O2PS2. The van der Waals surface area contributed by atoms with Gasteiger partial charge in [0, 0.05) is 0 Å². The van der Waals surface area contributed by atoms with E-state index >= 15 is 0 Å². The number of hydrogen-bond donors (Lipinski definition) is 4. The van der Waals surface area contributed by atoms with Gasteiger partial charge in [0.2, 0.25) is 23.5 Å². The van der Waals surface area contributed by atoms with E-state index in [1.54, 1.807) is 0 Å². The van der Waals surface area contributed by atoms with Crippen molar-refractivity contribution in [2.75, 3.05) is 30.4 Å². The Morgan fingerprint density at radius 2 is 1.25 bits per heavy atom. The van der Waals surface area contributed by atoms with Crippen molar-refractivity contribution in [2.45, 2.75) is 26.7 Å². The molecule has 0 aromatic carbocycles. The Kier molecular flexibility index (Phi) is 9.78. The van der Waals surface area contributed by atoms with Gasteiger partial charge in [0.1, 0.15) is 0 Å². The highest BCUT2D eigenvalue weighted by atomic mass is 32.9. The molecule has 0 saturated carbocycles. The van der Waals surface area contributed by atoms with E-state index in [0.29, 0.717) is 13.2 Å². The van der Waals surface area contributed by atoms with Crippen LogP contribution in [0.1, 0.15) is 26.7 Å². The first-order chi connectivity index (χ1) is 9.30. The molecule has 0 bridgehead atoms. The molecule has 11 heteroatoms. The van der Waals surface area contributed by atoms with Crippen molar-refractivity contribution in [2.24, 2.45) is 0 Å². The first-order valence-electron chi connectivity index (χ1n) is 5.95. The lowest BCUT2D eigenvalue weighted by Crippen LogP contribution is -2.05. The lowest BCUT2D eigenvalue weighted by Gasteiger charge is -2.15. The van der Waals surface area contributed by atoms with Crippen LogP contribution in [-0.2, 0) is 20.9 Å². The van der Waals surface area contributed by atoms with Gasteiger partial charge in [-0.3, -0.25) is 0 Å². The van der Waals surface area contributed by atoms with Crippen molar-refractivity contribution in [1.29, 1.82) is 0 Å². The molecule has 116 valence electrons. The van der Waals surface area contributed by atoms with Crippen LogP contribution in [0.4, 0.5) is 17.8 Å². The van der Waals surface area contributed by atoms with Gasteiger partial charge in [-0.2, -0.15) is 15.0 Å². The molecule has 0 unspecified atom stereocenters. The van der Waals surface area contributed by atoms with Crippen LogP contribution < -0.4 is 17.2 Å². The normalized spacial score (nSPS) is 10.8. The van der Waals surface area contributed by atoms with Gasteiger partial charge in [-0.1, -0.05) is 26.1 Å². The summed E-state index contributed by atoms with van der Waals surface area (Å²) >= 11 is 9.14. The zero-order valence-corrected chi connectivity index (χ0v) is 14.1.